The highest BCUT2D eigenvalue weighted by atomic mass is 35.5. The van der Waals surface area contributed by atoms with Crippen molar-refractivity contribution in [3.8, 4) is 12.3 Å². The highest BCUT2D eigenvalue weighted by molar-refractivity contribution is 6.32. The fraction of sp³-hybridized carbons (Fsp3) is 0.375. The van der Waals surface area contributed by atoms with Crippen molar-refractivity contribution in [2.24, 2.45) is 0 Å². The molecule has 14 nitrogen and oxygen atoms in total. The van der Waals surface area contributed by atoms with Crippen molar-refractivity contribution in [1.29, 1.82) is 0 Å². The van der Waals surface area contributed by atoms with E-state index in [0.29, 0.717) is 0 Å². The number of hydrogen-bond acceptors (Lipinski definition) is 10. The smallest absolute Gasteiger partial charge is 0.425 e. The zero-order valence-electron chi connectivity index (χ0n) is 21.8. The molecule has 2 unspecified atom stereocenters. The summed E-state index contributed by atoms with van der Waals surface area (Å²) in [7, 11) is 2.18. The molecule has 2 heterocycles. The van der Waals surface area contributed by atoms with Crippen LogP contribution in [0.2, 0.25) is 5.02 Å². The number of nitrogens with zero attached hydrogens (tertiary/aromatic N) is 3. The quantitative estimate of drug-likeness (QED) is 0.146. The van der Waals surface area contributed by atoms with Gasteiger partial charge in [-0.25, -0.2) is 34.9 Å². The Bertz CT molecular complexity index is 1300. The van der Waals surface area contributed by atoms with Gasteiger partial charge in [-0.05, 0) is 39.0 Å². The zero-order chi connectivity index (χ0) is 29.1. The third-order valence-electron chi connectivity index (χ3n) is 6.33. The Morgan fingerprint density at radius 2 is 1.85 bits per heavy atom. The third kappa shape index (κ3) is 4.45. The highest BCUT2D eigenvalue weighted by Gasteiger charge is 2.76. The van der Waals surface area contributed by atoms with Crippen LogP contribution in [0.3, 0.4) is 0 Å². The fourth-order valence-corrected chi connectivity index (χ4v) is 4.98. The van der Waals surface area contributed by atoms with Gasteiger partial charge >= 0.3 is 24.2 Å². The molecule has 1 aromatic carbocycles. The number of amides is 5. The number of hydrogen-bond donors (Lipinski definition) is 3. The average Bonchev–Trinajstić information content (AvgIpc) is 3.23. The average molecular weight is 563 g/mol. The first kappa shape index (κ1) is 29.1. The molecule has 0 radical (unpaired) electrons. The molecular weight excluding hydrogens is 536 g/mol. The molecule has 3 rings (SSSR count). The van der Waals surface area contributed by atoms with Crippen LogP contribution >= 0.6 is 11.6 Å². The van der Waals surface area contributed by atoms with E-state index in [0.717, 1.165) is 29.0 Å². The van der Waals surface area contributed by atoms with Crippen LogP contribution < -0.4 is 21.2 Å². The van der Waals surface area contributed by atoms with Gasteiger partial charge in [0, 0.05) is 10.7 Å². The summed E-state index contributed by atoms with van der Waals surface area (Å²) in [5, 5.41) is 1.29. The van der Waals surface area contributed by atoms with Crippen LogP contribution in [0.15, 0.2) is 35.5 Å². The summed E-state index contributed by atoms with van der Waals surface area (Å²) in [6, 6.07) is 5.00. The Balaban J connectivity index is 2.38. The Kier molecular flexibility index (Phi) is 8.27. The number of nitrogens with one attached hydrogen (secondary N) is 3. The predicted molar refractivity (Wildman–Crippen MR) is 136 cm³/mol. The molecule has 0 aliphatic carbocycles. The van der Waals surface area contributed by atoms with Gasteiger partial charge in [-0.15, -0.1) is 6.42 Å². The summed E-state index contributed by atoms with van der Waals surface area (Å²) in [6.45, 7) is 3.85. The number of allylic oxidation sites excluding steroid dienone is 1. The van der Waals surface area contributed by atoms with Gasteiger partial charge in [0.1, 0.15) is 0 Å². The SMILES string of the molecule is C#CCN1C(=O)N(c2cccc(Cl)c2)C(=O)C12C(C(=O)OC)=C(C)N(NC(=O)OC)C2(C)NNC(=O)OCC. The van der Waals surface area contributed by atoms with Crippen LogP contribution in [-0.4, -0.2) is 78.6 Å². The zero-order valence-corrected chi connectivity index (χ0v) is 22.5. The number of rotatable bonds is 7. The van der Waals surface area contributed by atoms with E-state index in [-0.39, 0.29) is 28.6 Å². The topological polar surface area (TPSA) is 159 Å². The molecule has 5 amide bonds. The van der Waals surface area contributed by atoms with Crippen molar-refractivity contribution in [3.63, 3.8) is 0 Å². The van der Waals surface area contributed by atoms with E-state index in [9.17, 15) is 24.0 Å². The Hall–Kier alpha value is -4.48. The van der Waals surface area contributed by atoms with E-state index in [2.05, 4.69) is 22.2 Å². The number of ether oxygens (including phenoxy) is 3. The maximum absolute atomic E-state index is 14.6. The second-order valence-corrected chi connectivity index (χ2v) is 8.77. The minimum absolute atomic E-state index is 0.00730. The number of hydrazine groups is 2. The van der Waals surface area contributed by atoms with E-state index in [1.54, 1.807) is 13.0 Å². The number of methoxy groups -OCH3 is 2. The number of carbonyl (C=O) groups excluding carboxylic acids is 5. The molecule has 3 N–H and O–H groups in total. The molecule has 15 heteroatoms. The summed E-state index contributed by atoms with van der Waals surface area (Å²) >= 11 is 6.14. The molecule has 2 aliphatic rings. The van der Waals surface area contributed by atoms with Crippen LogP contribution in [0.4, 0.5) is 20.1 Å². The molecule has 1 fully saturated rings. The predicted octanol–water partition coefficient (Wildman–Crippen LogP) is 1.48. The second kappa shape index (κ2) is 11.1. The summed E-state index contributed by atoms with van der Waals surface area (Å²) < 4.78 is 14.6. The first-order valence-corrected chi connectivity index (χ1v) is 11.8. The molecular formula is C24H27ClN6O8. The first-order valence-electron chi connectivity index (χ1n) is 11.5. The molecule has 0 saturated carbocycles. The molecule has 2 atom stereocenters. The van der Waals surface area contributed by atoms with Gasteiger partial charge in [0.15, 0.2) is 11.2 Å². The lowest BCUT2D eigenvalue weighted by molar-refractivity contribution is -0.142. The van der Waals surface area contributed by atoms with Crippen LogP contribution in [0.25, 0.3) is 0 Å². The highest BCUT2D eigenvalue weighted by Crippen LogP contribution is 2.52. The number of esters is 1. The number of halogens is 1. The van der Waals surface area contributed by atoms with Crippen LogP contribution in [0.5, 0.6) is 0 Å². The Morgan fingerprint density at radius 1 is 1.15 bits per heavy atom. The van der Waals surface area contributed by atoms with E-state index >= 15 is 0 Å². The summed E-state index contributed by atoms with van der Waals surface area (Å²) in [6.07, 6.45) is 3.66. The van der Waals surface area contributed by atoms with Crippen LogP contribution in [0, 0.1) is 12.3 Å². The van der Waals surface area contributed by atoms with E-state index in [1.807, 2.05) is 0 Å². The number of imide groups is 1. The maximum atomic E-state index is 14.6. The largest absolute Gasteiger partial charge is 0.466 e. The minimum Gasteiger partial charge on any atom is -0.466 e. The normalized spacial score (nSPS) is 22.2. The molecule has 1 aromatic rings. The second-order valence-electron chi connectivity index (χ2n) is 8.34. The van der Waals surface area contributed by atoms with Crippen molar-refractivity contribution in [1.82, 2.24) is 26.2 Å². The van der Waals surface area contributed by atoms with Crippen molar-refractivity contribution in [3.05, 3.63) is 40.6 Å². The number of terminal acetylenes is 1. The van der Waals surface area contributed by atoms with Crippen LogP contribution in [0.1, 0.15) is 20.8 Å². The van der Waals surface area contributed by atoms with Gasteiger partial charge in [0.05, 0.1) is 38.6 Å². The van der Waals surface area contributed by atoms with E-state index < -0.39 is 47.8 Å². The molecule has 0 aromatic heterocycles. The van der Waals surface area contributed by atoms with E-state index in [1.165, 1.54) is 32.0 Å². The summed E-state index contributed by atoms with van der Waals surface area (Å²) in [5.41, 5.74) is 2.73. The molecule has 2 aliphatic heterocycles. The molecule has 1 spiro atoms. The van der Waals surface area contributed by atoms with Crippen molar-refractivity contribution in [2.75, 3.05) is 32.3 Å². The monoisotopic (exact) mass is 562 g/mol. The molecule has 39 heavy (non-hydrogen) atoms. The number of benzene rings is 1. The number of urea groups is 1. The number of carbonyl (C=O) groups is 5. The lowest BCUT2D eigenvalue weighted by Crippen LogP contribution is -2.78. The maximum Gasteiger partial charge on any atom is 0.425 e. The summed E-state index contributed by atoms with van der Waals surface area (Å²) in [4.78, 5) is 68.3. The van der Waals surface area contributed by atoms with Gasteiger partial charge in [-0.2, -0.15) is 0 Å². The molecule has 1 saturated heterocycles. The fourth-order valence-electron chi connectivity index (χ4n) is 4.79. The van der Waals surface area contributed by atoms with Gasteiger partial charge in [-0.1, -0.05) is 23.6 Å². The van der Waals surface area contributed by atoms with Crippen LogP contribution in [-0.2, 0) is 23.8 Å². The van der Waals surface area contributed by atoms with Gasteiger partial charge in [0.25, 0.3) is 5.91 Å². The third-order valence-corrected chi connectivity index (χ3v) is 6.56. The van der Waals surface area contributed by atoms with Gasteiger partial charge in [-0.3, -0.25) is 20.1 Å². The molecule has 208 valence electrons. The minimum atomic E-state index is -2.32. The first-order chi connectivity index (χ1) is 18.5. The van der Waals surface area contributed by atoms with E-state index in [4.69, 9.17) is 32.2 Å². The lowest BCUT2D eigenvalue weighted by Gasteiger charge is -2.48. The standard InChI is InChI=1S/C24H27ClN6O8/c1-7-12-29-22(36)30(16-11-9-10-15(25)13-16)19(33)24(29)17(18(32)37-5)14(3)31(27-21(35)38-6)23(24,4)28-26-20(34)39-8-2/h1,9-11,13,28H,8,12H2,2-6H3,(H,26,34)(H,27,35). The van der Waals surface area contributed by atoms with Crippen molar-refractivity contribution >= 4 is 47.4 Å². The van der Waals surface area contributed by atoms with Gasteiger partial charge in [0.2, 0.25) is 0 Å². The summed E-state index contributed by atoms with van der Waals surface area (Å²) in [5.74, 6) is 0.362. The molecule has 0 bridgehead atoms. The van der Waals surface area contributed by atoms with Crippen molar-refractivity contribution in [2.45, 2.75) is 32.0 Å². The Morgan fingerprint density at radius 3 is 2.41 bits per heavy atom. The number of anilines is 1. The van der Waals surface area contributed by atoms with Crippen molar-refractivity contribution < 1.29 is 38.2 Å². The van der Waals surface area contributed by atoms with Gasteiger partial charge < -0.3 is 14.2 Å². The lowest BCUT2D eigenvalue weighted by atomic mass is 9.79. The Labute approximate surface area is 229 Å².